The van der Waals surface area contributed by atoms with E-state index in [9.17, 15) is 9.59 Å². The largest absolute Gasteiger partial charge is 0.496 e. The standard InChI is InChI=1S/C22H30N4O3S/c1-4-5-11-25(2)20(27)15-30-22-23-18-10-12-26(14-17(18)21(28)24-22)13-16-8-6-7-9-19(16)29-3/h6-9H,4-5,10-15H2,1-3H3,(H,23,24,28). The molecule has 2 aromatic rings. The van der Waals surface area contributed by atoms with Gasteiger partial charge in [-0.2, -0.15) is 0 Å². The summed E-state index contributed by atoms with van der Waals surface area (Å²) in [5.74, 6) is 1.19. The van der Waals surface area contributed by atoms with E-state index >= 15 is 0 Å². The number of unbranched alkanes of at least 4 members (excludes halogenated alkanes) is 1. The summed E-state index contributed by atoms with van der Waals surface area (Å²) in [6.07, 6.45) is 2.76. The average molecular weight is 431 g/mol. The number of carbonyl (C=O) groups is 1. The lowest BCUT2D eigenvalue weighted by Gasteiger charge is -2.28. The van der Waals surface area contributed by atoms with Gasteiger partial charge in [-0.25, -0.2) is 4.98 Å². The molecule has 1 amide bonds. The van der Waals surface area contributed by atoms with Gasteiger partial charge < -0.3 is 14.6 Å². The Labute approximate surface area is 181 Å². The molecule has 1 aliphatic heterocycles. The van der Waals surface area contributed by atoms with Crippen molar-refractivity contribution in [3.05, 3.63) is 51.4 Å². The first-order valence-corrected chi connectivity index (χ1v) is 11.3. The number of rotatable bonds is 9. The minimum Gasteiger partial charge on any atom is -0.496 e. The molecule has 30 heavy (non-hydrogen) atoms. The third-order valence-electron chi connectivity index (χ3n) is 5.32. The van der Waals surface area contributed by atoms with Crippen LogP contribution in [0.25, 0.3) is 0 Å². The van der Waals surface area contributed by atoms with Gasteiger partial charge in [0.1, 0.15) is 5.75 Å². The number of hydrogen-bond acceptors (Lipinski definition) is 6. The SMILES string of the molecule is CCCCN(C)C(=O)CSc1nc2c(c(=O)[nH]1)CN(Cc1ccccc1OC)CC2. The Bertz CT molecular complexity index is 931. The van der Waals surface area contributed by atoms with Crippen LogP contribution in [0.5, 0.6) is 5.75 Å². The predicted octanol–water partition coefficient (Wildman–Crippen LogP) is 2.69. The first-order valence-electron chi connectivity index (χ1n) is 10.3. The van der Waals surface area contributed by atoms with Crippen LogP contribution in [0.2, 0.25) is 0 Å². The Hall–Kier alpha value is -2.32. The molecule has 0 saturated carbocycles. The fraction of sp³-hybridized carbons (Fsp3) is 0.500. The van der Waals surface area contributed by atoms with E-state index in [1.807, 2.05) is 31.3 Å². The van der Waals surface area contributed by atoms with Crippen LogP contribution in [0.15, 0.2) is 34.2 Å². The summed E-state index contributed by atoms with van der Waals surface area (Å²) in [5, 5.41) is 0.522. The molecule has 3 rings (SSSR count). The van der Waals surface area contributed by atoms with Gasteiger partial charge in [-0.3, -0.25) is 14.5 Å². The van der Waals surface area contributed by atoms with Gasteiger partial charge in [0.05, 0.1) is 24.1 Å². The first kappa shape index (κ1) is 22.4. The Morgan fingerprint density at radius 3 is 2.93 bits per heavy atom. The van der Waals surface area contributed by atoms with Crippen molar-refractivity contribution in [1.29, 1.82) is 0 Å². The Morgan fingerprint density at radius 1 is 1.37 bits per heavy atom. The number of carbonyl (C=O) groups excluding carboxylic acids is 1. The van der Waals surface area contributed by atoms with E-state index in [1.165, 1.54) is 11.8 Å². The molecule has 0 atom stereocenters. The minimum absolute atomic E-state index is 0.0526. The molecular formula is C22H30N4O3S. The van der Waals surface area contributed by atoms with Crippen molar-refractivity contribution in [2.75, 3.05) is 33.0 Å². The van der Waals surface area contributed by atoms with Crippen molar-refractivity contribution >= 4 is 17.7 Å². The van der Waals surface area contributed by atoms with Crippen LogP contribution in [0.4, 0.5) is 0 Å². The van der Waals surface area contributed by atoms with Gasteiger partial charge in [0.2, 0.25) is 5.91 Å². The summed E-state index contributed by atoms with van der Waals surface area (Å²) in [7, 11) is 3.49. The predicted molar refractivity (Wildman–Crippen MR) is 119 cm³/mol. The highest BCUT2D eigenvalue weighted by Crippen LogP contribution is 2.23. The van der Waals surface area contributed by atoms with Crippen LogP contribution in [0.3, 0.4) is 0 Å². The van der Waals surface area contributed by atoms with Gasteiger partial charge >= 0.3 is 0 Å². The van der Waals surface area contributed by atoms with Crippen molar-refractivity contribution in [1.82, 2.24) is 19.8 Å². The van der Waals surface area contributed by atoms with Gasteiger partial charge in [-0.1, -0.05) is 43.3 Å². The van der Waals surface area contributed by atoms with E-state index in [2.05, 4.69) is 21.8 Å². The minimum atomic E-state index is -0.112. The smallest absolute Gasteiger partial charge is 0.256 e. The molecular weight excluding hydrogens is 400 g/mol. The third-order valence-corrected chi connectivity index (χ3v) is 6.18. The fourth-order valence-corrected chi connectivity index (χ4v) is 4.32. The average Bonchev–Trinajstić information content (AvgIpc) is 2.76. The number of methoxy groups -OCH3 is 1. The summed E-state index contributed by atoms with van der Waals surface area (Å²) in [4.78, 5) is 36.4. The van der Waals surface area contributed by atoms with Gasteiger partial charge in [0, 0.05) is 45.2 Å². The van der Waals surface area contributed by atoms with Crippen molar-refractivity contribution < 1.29 is 9.53 Å². The maximum Gasteiger partial charge on any atom is 0.256 e. The van der Waals surface area contributed by atoms with Crippen LogP contribution >= 0.6 is 11.8 Å². The summed E-state index contributed by atoms with van der Waals surface area (Å²) in [5.41, 5.74) is 2.54. The monoisotopic (exact) mass is 430 g/mol. The van der Waals surface area contributed by atoms with E-state index in [4.69, 9.17) is 4.74 Å². The van der Waals surface area contributed by atoms with Crippen molar-refractivity contribution in [3.8, 4) is 5.75 Å². The topological polar surface area (TPSA) is 78.5 Å². The molecule has 1 aromatic carbocycles. The lowest BCUT2D eigenvalue weighted by Crippen LogP contribution is -2.35. The highest BCUT2D eigenvalue weighted by atomic mass is 32.2. The molecule has 7 nitrogen and oxygen atoms in total. The number of ether oxygens (including phenoxy) is 1. The molecule has 1 aliphatic rings. The van der Waals surface area contributed by atoms with Crippen molar-refractivity contribution in [2.45, 2.75) is 44.4 Å². The number of nitrogens with one attached hydrogen (secondary N) is 1. The number of fused-ring (bicyclic) bond motifs is 1. The molecule has 2 heterocycles. The number of para-hydroxylation sites is 1. The Kier molecular flexibility index (Phi) is 7.93. The first-order chi connectivity index (χ1) is 14.5. The van der Waals surface area contributed by atoms with Crippen LogP contribution in [0.1, 0.15) is 36.6 Å². The van der Waals surface area contributed by atoms with E-state index in [-0.39, 0.29) is 17.2 Å². The van der Waals surface area contributed by atoms with Crippen LogP contribution in [0, 0.1) is 0 Å². The summed E-state index contributed by atoms with van der Waals surface area (Å²) >= 11 is 1.30. The number of hydrogen-bond donors (Lipinski definition) is 1. The zero-order chi connectivity index (χ0) is 21.5. The van der Waals surface area contributed by atoms with E-state index in [0.717, 1.165) is 49.5 Å². The summed E-state index contributed by atoms with van der Waals surface area (Å²) in [6.45, 7) is 4.96. The molecule has 0 saturated heterocycles. The van der Waals surface area contributed by atoms with E-state index in [1.54, 1.807) is 12.0 Å². The molecule has 1 aromatic heterocycles. The van der Waals surface area contributed by atoms with Gasteiger partial charge in [-0.15, -0.1) is 0 Å². The molecule has 8 heteroatoms. The zero-order valence-electron chi connectivity index (χ0n) is 17.9. The number of H-pyrrole nitrogens is 1. The molecule has 0 spiro atoms. The van der Waals surface area contributed by atoms with Gasteiger partial charge in [0.25, 0.3) is 5.56 Å². The molecule has 1 N–H and O–H groups in total. The fourth-order valence-electron chi connectivity index (χ4n) is 3.50. The second-order valence-corrected chi connectivity index (χ2v) is 8.49. The number of thioether (sulfide) groups is 1. The highest BCUT2D eigenvalue weighted by Gasteiger charge is 2.22. The molecule has 0 fully saturated rings. The van der Waals surface area contributed by atoms with E-state index < -0.39 is 0 Å². The zero-order valence-corrected chi connectivity index (χ0v) is 18.8. The number of aromatic nitrogens is 2. The van der Waals surface area contributed by atoms with E-state index in [0.29, 0.717) is 23.7 Å². The Balaban J connectivity index is 1.63. The Morgan fingerprint density at radius 2 is 2.17 bits per heavy atom. The van der Waals surface area contributed by atoms with Crippen molar-refractivity contribution in [2.24, 2.45) is 0 Å². The summed E-state index contributed by atoms with van der Waals surface area (Å²) in [6, 6.07) is 7.94. The molecule has 0 radical (unpaired) electrons. The van der Waals surface area contributed by atoms with Gasteiger partial charge in [-0.05, 0) is 12.5 Å². The second-order valence-electron chi connectivity index (χ2n) is 7.53. The number of aromatic amines is 1. The maximum atomic E-state index is 12.7. The lowest BCUT2D eigenvalue weighted by atomic mass is 10.1. The second kappa shape index (κ2) is 10.6. The van der Waals surface area contributed by atoms with Crippen LogP contribution < -0.4 is 10.3 Å². The summed E-state index contributed by atoms with van der Waals surface area (Å²) < 4.78 is 5.44. The number of nitrogens with zero attached hydrogens (tertiary/aromatic N) is 3. The maximum absolute atomic E-state index is 12.7. The number of benzene rings is 1. The number of amides is 1. The van der Waals surface area contributed by atoms with Crippen LogP contribution in [-0.2, 0) is 24.3 Å². The normalized spacial score (nSPS) is 13.7. The molecule has 162 valence electrons. The van der Waals surface area contributed by atoms with Crippen LogP contribution in [-0.4, -0.2) is 58.7 Å². The molecule has 0 bridgehead atoms. The quantitative estimate of drug-likeness (QED) is 0.487. The van der Waals surface area contributed by atoms with Crippen molar-refractivity contribution in [3.63, 3.8) is 0 Å². The third kappa shape index (κ3) is 5.64. The molecule has 0 aliphatic carbocycles. The van der Waals surface area contributed by atoms with Gasteiger partial charge in [0.15, 0.2) is 5.16 Å². The molecule has 0 unspecified atom stereocenters. The highest BCUT2D eigenvalue weighted by molar-refractivity contribution is 7.99. The lowest BCUT2D eigenvalue weighted by molar-refractivity contribution is -0.127.